The molecule has 186 valence electrons. The first-order valence-electron chi connectivity index (χ1n) is 10.4. The SMILES string of the molecule is COP(=O)(/N=C1/Cc2ccc(O)cc2C(c2cccs2)N1Cc1cccc(OC(F)(F)F)c1)OC. The van der Waals surface area contributed by atoms with E-state index in [1.54, 1.807) is 24.3 Å². The highest BCUT2D eigenvalue weighted by Gasteiger charge is 2.36. The summed E-state index contributed by atoms with van der Waals surface area (Å²) in [7, 11) is -1.38. The summed E-state index contributed by atoms with van der Waals surface area (Å²) in [6, 6.07) is 13.9. The first-order valence-corrected chi connectivity index (χ1v) is 12.8. The summed E-state index contributed by atoms with van der Waals surface area (Å²) in [5, 5.41) is 12.1. The Morgan fingerprint density at radius 1 is 1.14 bits per heavy atom. The Morgan fingerprint density at radius 2 is 1.91 bits per heavy atom. The molecule has 0 saturated heterocycles. The van der Waals surface area contributed by atoms with Crippen LogP contribution in [0.25, 0.3) is 0 Å². The fraction of sp³-hybridized carbons (Fsp3) is 0.261. The predicted octanol–water partition coefficient (Wildman–Crippen LogP) is 6.30. The second kappa shape index (κ2) is 10.0. The summed E-state index contributed by atoms with van der Waals surface area (Å²) in [5.74, 6) is 0.0945. The lowest BCUT2D eigenvalue weighted by Gasteiger charge is -2.39. The summed E-state index contributed by atoms with van der Waals surface area (Å²) in [6.07, 6.45) is -4.58. The Labute approximate surface area is 204 Å². The number of nitrogens with zero attached hydrogens (tertiary/aromatic N) is 2. The van der Waals surface area contributed by atoms with Gasteiger partial charge in [-0.2, -0.15) is 4.76 Å². The molecule has 0 amide bonds. The molecular formula is C23H22F3N2O5PS. The normalized spacial score (nSPS) is 17.5. The van der Waals surface area contributed by atoms with Crippen LogP contribution in [-0.4, -0.2) is 36.4 Å². The fourth-order valence-corrected chi connectivity index (χ4v) is 5.59. The lowest BCUT2D eigenvalue weighted by Crippen LogP contribution is -2.40. The van der Waals surface area contributed by atoms with Gasteiger partial charge in [0.25, 0.3) is 0 Å². The molecule has 1 aromatic heterocycles. The number of ether oxygens (including phenoxy) is 1. The van der Waals surface area contributed by atoms with E-state index in [1.807, 2.05) is 22.4 Å². The molecule has 3 aromatic rings. The summed E-state index contributed by atoms with van der Waals surface area (Å²) in [6.45, 7) is 0.110. The van der Waals surface area contributed by atoms with Crippen molar-refractivity contribution in [1.82, 2.24) is 4.90 Å². The maximum Gasteiger partial charge on any atom is 0.573 e. The van der Waals surface area contributed by atoms with Crippen molar-refractivity contribution in [3.63, 3.8) is 0 Å². The van der Waals surface area contributed by atoms with Gasteiger partial charge in [0.1, 0.15) is 17.3 Å². The van der Waals surface area contributed by atoms with Crippen LogP contribution < -0.4 is 4.74 Å². The third-order valence-corrected chi connectivity index (χ3v) is 7.74. The van der Waals surface area contributed by atoms with Crippen molar-refractivity contribution in [2.45, 2.75) is 25.4 Å². The number of phenols is 1. The summed E-state index contributed by atoms with van der Waals surface area (Å²) in [5.41, 5.74) is 2.16. The van der Waals surface area contributed by atoms with E-state index in [9.17, 15) is 22.8 Å². The van der Waals surface area contributed by atoms with E-state index in [4.69, 9.17) is 9.05 Å². The molecule has 1 aliphatic rings. The van der Waals surface area contributed by atoms with Gasteiger partial charge in [-0.25, -0.2) is 4.57 Å². The van der Waals surface area contributed by atoms with Crippen LogP contribution in [0.3, 0.4) is 0 Å². The number of hydrogen-bond acceptors (Lipinski definition) is 6. The Hall–Kier alpha value is -2.85. The maximum absolute atomic E-state index is 12.9. The number of halogens is 3. The molecule has 1 aliphatic heterocycles. The highest BCUT2D eigenvalue weighted by atomic mass is 32.1. The maximum atomic E-state index is 12.9. The van der Waals surface area contributed by atoms with Crippen molar-refractivity contribution in [3.8, 4) is 11.5 Å². The van der Waals surface area contributed by atoms with Crippen LogP contribution in [0.2, 0.25) is 0 Å². The van der Waals surface area contributed by atoms with Crippen LogP contribution in [0.15, 0.2) is 64.7 Å². The van der Waals surface area contributed by atoms with Gasteiger partial charge < -0.3 is 14.7 Å². The minimum absolute atomic E-state index is 0.0747. The van der Waals surface area contributed by atoms with E-state index in [0.717, 1.165) is 16.0 Å². The average molecular weight is 526 g/mol. The first-order chi connectivity index (χ1) is 16.6. The van der Waals surface area contributed by atoms with Gasteiger partial charge in [-0.1, -0.05) is 24.3 Å². The number of fused-ring (bicyclic) bond motifs is 1. The molecule has 2 heterocycles. The van der Waals surface area contributed by atoms with Crippen LogP contribution in [0, 0.1) is 0 Å². The van der Waals surface area contributed by atoms with Crippen molar-refractivity contribution in [1.29, 1.82) is 0 Å². The van der Waals surface area contributed by atoms with Crippen molar-refractivity contribution in [2.75, 3.05) is 14.2 Å². The highest BCUT2D eigenvalue weighted by molar-refractivity contribution is 7.52. The van der Waals surface area contributed by atoms with Crippen LogP contribution >= 0.6 is 19.1 Å². The van der Waals surface area contributed by atoms with E-state index >= 15 is 0 Å². The first kappa shape index (κ1) is 25.2. The van der Waals surface area contributed by atoms with E-state index in [1.165, 1.54) is 43.8 Å². The number of amidine groups is 1. The Balaban J connectivity index is 1.84. The zero-order chi connectivity index (χ0) is 25.2. The predicted molar refractivity (Wildman–Crippen MR) is 126 cm³/mol. The second-order valence-corrected chi connectivity index (χ2v) is 10.5. The van der Waals surface area contributed by atoms with Crippen molar-refractivity contribution < 1.29 is 36.6 Å². The van der Waals surface area contributed by atoms with Crippen molar-refractivity contribution in [2.24, 2.45) is 4.76 Å². The molecule has 1 atom stereocenters. The monoisotopic (exact) mass is 526 g/mol. The largest absolute Gasteiger partial charge is 0.573 e. The average Bonchev–Trinajstić information content (AvgIpc) is 3.33. The molecule has 2 aromatic carbocycles. The Bertz CT molecular complexity index is 1260. The second-order valence-electron chi connectivity index (χ2n) is 7.65. The van der Waals surface area contributed by atoms with E-state index in [0.29, 0.717) is 11.4 Å². The molecule has 1 N–H and O–H groups in total. The number of phenolic OH excluding ortho intramolecular Hbond substituents is 1. The van der Waals surface area contributed by atoms with E-state index < -0.39 is 20.2 Å². The highest BCUT2D eigenvalue weighted by Crippen LogP contribution is 2.50. The number of hydrogen-bond donors (Lipinski definition) is 1. The number of benzene rings is 2. The van der Waals surface area contributed by atoms with Gasteiger partial charge in [0.15, 0.2) is 0 Å². The van der Waals surface area contributed by atoms with Crippen LogP contribution in [0.1, 0.15) is 27.6 Å². The standard InChI is InChI=1S/C23H22F3N2O5PS/c1-31-34(30,32-2)27-21-12-16-8-9-17(29)13-19(16)22(20-7-4-10-35-20)28(21)14-15-5-3-6-18(11-15)33-23(24,25)26/h3-11,13,22,29H,12,14H2,1-2H3/b27-21-. The zero-order valence-electron chi connectivity index (χ0n) is 18.7. The molecule has 0 fully saturated rings. The smallest absolute Gasteiger partial charge is 0.508 e. The molecule has 12 heteroatoms. The summed E-state index contributed by atoms with van der Waals surface area (Å²) >= 11 is 1.47. The minimum atomic E-state index is -4.82. The number of alkyl halides is 3. The fourth-order valence-electron chi connectivity index (χ4n) is 3.95. The van der Waals surface area contributed by atoms with Gasteiger partial charge in [0.05, 0.1) is 6.04 Å². The van der Waals surface area contributed by atoms with Gasteiger partial charge >= 0.3 is 14.1 Å². The summed E-state index contributed by atoms with van der Waals surface area (Å²) in [4.78, 5) is 2.72. The van der Waals surface area contributed by atoms with E-state index in [2.05, 4.69) is 9.50 Å². The van der Waals surface area contributed by atoms with Crippen LogP contribution in [-0.2, 0) is 26.6 Å². The molecule has 7 nitrogen and oxygen atoms in total. The minimum Gasteiger partial charge on any atom is -0.508 e. The molecule has 4 rings (SSSR count). The van der Waals surface area contributed by atoms with Crippen molar-refractivity contribution >= 4 is 24.9 Å². The zero-order valence-corrected chi connectivity index (χ0v) is 20.4. The number of rotatable bonds is 7. The Morgan fingerprint density at radius 3 is 2.57 bits per heavy atom. The molecule has 0 aliphatic carbocycles. The van der Waals surface area contributed by atoms with Gasteiger partial charge in [0, 0.05) is 32.1 Å². The molecule has 0 radical (unpaired) electrons. The Kier molecular flexibility index (Phi) is 7.23. The van der Waals surface area contributed by atoms with Gasteiger partial charge in [0.2, 0.25) is 0 Å². The molecule has 1 unspecified atom stereocenters. The topological polar surface area (TPSA) is 80.6 Å². The summed E-state index contributed by atoms with van der Waals surface area (Å²) < 4.78 is 69.7. The third kappa shape index (κ3) is 5.87. The number of thiophene rings is 1. The van der Waals surface area contributed by atoms with Gasteiger partial charge in [-0.05, 0) is 52.4 Å². The molecule has 0 bridgehead atoms. The van der Waals surface area contributed by atoms with Crippen LogP contribution in [0.5, 0.6) is 11.5 Å². The third-order valence-electron chi connectivity index (χ3n) is 5.41. The lowest BCUT2D eigenvalue weighted by atomic mass is 9.90. The van der Waals surface area contributed by atoms with Crippen LogP contribution in [0.4, 0.5) is 13.2 Å². The van der Waals surface area contributed by atoms with Crippen molar-refractivity contribution in [3.05, 3.63) is 81.5 Å². The van der Waals surface area contributed by atoms with Gasteiger partial charge in [-0.15, -0.1) is 24.5 Å². The lowest BCUT2D eigenvalue weighted by molar-refractivity contribution is -0.274. The number of aromatic hydroxyl groups is 1. The van der Waals surface area contributed by atoms with E-state index in [-0.39, 0.29) is 24.5 Å². The molecular weight excluding hydrogens is 504 g/mol. The quantitative estimate of drug-likeness (QED) is 0.364. The molecule has 0 spiro atoms. The van der Waals surface area contributed by atoms with Gasteiger partial charge in [-0.3, -0.25) is 9.05 Å². The molecule has 0 saturated carbocycles. The molecule has 35 heavy (non-hydrogen) atoms.